The summed E-state index contributed by atoms with van der Waals surface area (Å²) in [7, 11) is 1.99. The molecule has 1 fully saturated rings. The van der Waals surface area contributed by atoms with Gasteiger partial charge in [-0.2, -0.15) is 0 Å². The highest BCUT2D eigenvalue weighted by Crippen LogP contribution is 2.27. The molecule has 0 bridgehead atoms. The highest BCUT2D eigenvalue weighted by Gasteiger charge is 2.24. The number of thiophene rings is 1. The van der Waals surface area contributed by atoms with Gasteiger partial charge in [-0.25, -0.2) is 0 Å². The Morgan fingerprint density at radius 3 is 2.80 bits per heavy atom. The van der Waals surface area contributed by atoms with Crippen LogP contribution in [0.15, 0.2) is 30.3 Å². The molecule has 0 radical (unpaired) electrons. The highest BCUT2D eigenvalue weighted by molar-refractivity contribution is 7.20. The lowest BCUT2D eigenvalue weighted by Crippen LogP contribution is -2.40. The molecule has 0 saturated carbocycles. The minimum absolute atomic E-state index is 0.203. The van der Waals surface area contributed by atoms with Gasteiger partial charge in [0.2, 0.25) is 0 Å². The molecule has 1 amide bonds. The minimum atomic E-state index is 0.203. The smallest absolute Gasteiger partial charge is 0.263 e. The van der Waals surface area contributed by atoms with E-state index in [2.05, 4.69) is 17.4 Å². The van der Waals surface area contributed by atoms with Crippen LogP contribution >= 0.6 is 11.3 Å². The molecule has 2 heterocycles. The molecule has 3 rings (SSSR count). The summed E-state index contributed by atoms with van der Waals surface area (Å²) in [6.45, 7) is 2.84. The van der Waals surface area contributed by atoms with Crippen molar-refractivity contribution in [2.45, 2.75) is 12.8 Å². The molecule has 1 aromatic heterocycles. The average Bonchev–Trinajstić information content (AvgIpc) is 2.91. The molecule has 1 N–H and O–H groups in total. The van der Waals surface area contributed by atoms with E-state index in [9.17, 15) is 4.79 Å². The number of amides is 1. The first kappa shape index (κ1) is 13.6. The number of hydrogen-bond donors (Lipinski definition) is 1. The van der Waals surface area contributed by atoms with E-state index in [0.29, 0.717) is 5.92 Å². The fourth-order valence-electron chi connectivity index (χ4n) is 2.87. The second-order valence-corrected chi connectivity index (χ2v) is 6.53. The molecule has 1 aliphatic rings. The van der Waals surface area contributed by atoms with Crippen molar-refractivity contribution in [1.29, 1.82) is 0 Å². The summed E-state index contributed by atoms with van der Waals surface area (Å²) < 4.78 is 1.20. The number of likely N-dealkylation sites (tertiary alicyclic amines) is 1. The molecule has 20 heavy (non-hydrogen) atoms. The lowest BCUT2D eigenvalue weighted by molar-refractivity contribution is 0.0696. The Balaban J connectivity index is 1.70. The van der Waals surface area contributed by atoms with E-state index < -0.39 is 0 Å². The van der Waals surface area contributed by atoms with Crippen LogP contribution < -0.4 is 5.32 Å². The van der Waals surface area contributed by atoms with Crippen LogP contribution in [0.2, 0.25) is 0 Å². The SMILES string of the molecule is CNCC1CCN(C(=O)c2cc3ccccc3s2)CC1. The molecule has 0 unspecified atom stereocenters. The molecule has 0 aliphatic carbocycles. The summed E-state index contributed by atoms with van der Waals surface area (Å²) in [5.74, 6) is 0.917. The van der Waals surface area contributed by atoms with Gasteiger partial charge in [0.05, 0.1) is 4.88 Å². The van der Waals surface area contributed by atoms with Gasteiger partial charge >= 0.3 is 0 Å². The standard InChI is InChI=1S/C16H20N2OS/c1-17-11-12-6-8-18(9-7-12)16(19)15-10-13-4-2-3-5-14(13)20-15/h2-5,10,12,17H,6-9,11H2,1H3. The second-order valence-electron chi connectivity index (χ2n) is 5.44. The molecule has 2 aromatic rings. The molecule has 1 aromatic carbocycles. The zero-order chi connectivity index (χ0) is 13.9. The molecule has 3 nitrogen and oxygen atoms in total. The van der Waals surface area contributed by atoms with E-state index in [1.165, 1.54) is 10.1 Å². The van der Waals surface area contributed by atoms with Gasteiger partial charge in [-0.15, -0.1) is 11.3 Å². The van der Waals surface area contributed by atoms with Crippen molar-refractivity contribution >= 4 is 27.3 Å². The highest BCUT2D eigenvalue weighted by atomic mass is 32.1. The Morgan fingerprint density at radius 1 is 1.35 bits per heavy atom. The first-order valence-electron chi connectivity index (χ1n) is 7.20. The molecule has 1 saturated heterocycles. The van der Waals surface area contributed by atoms with Crippen molar-refractivity contribution in [1.82, 2.24) is 10.2 Å². The van der Waals surface area contributed by atoms with E-state index >= 15 is 0 Å². The molecule has 1 aliphatic heterocycles. The summed E-state index contributed by atoms with van der Waals surface area (Å²) in [4.78, 5) is 15.4. The quantitative estimate of drug-likeness (QED) is 0.941. The lowest BCUT2D eigenvalue weighted by atomic mass is 9.97. The van der Waals surface area contributed by atoms with Crippen molar-refractivity contribution in [2.75, 3.05) is 26.7 Å². The Bertz CT molecular complexity index is 566. The van der Waals surface area contributed by atoms with E-state index in [-0.39, 0.29) is 5.91 Å². The summed E-state index contributed by atoms with van der Waals surface area (Å²) in [5.41, 5.74) is 0. The van der Waals surface area contributed by atoms with E-state index in [0.717, 1.165) is 37.4 Å². The Morgan fingerprint density at radius 2 is 2.10 bits per heavy atom. The zero-order valence-electron chi connectivity index (χ0n) is 11.8. The normalized spacial score (nSPS) is 16.8. The number of rotatable bonds is 3. The molecular weight excluding hydrogens is 268 g/mol. The van der Waals surface area contributed by atoms with E-state index in [4.69, 9.17) is 0 Å². The minimum Gasteiger partial charge on any atom is -0.338 e. The lowest BCUT2D eigenvalue weighted by Gasteiger charge is -2.31. The molecule has 106 valence electrons. The predicted molar refractivity (Wildman–Crippen MR) is 84.4 cm³/mol. The first-order valence-corrected chi connectivity index (χ1v) is 8.02. The Labute approximate surface area is 123 Å². The number of benzene rings is 1. The zero-order valence-corrected chi connectivity index (χ0v) is 12.6. The Hall–Kier alpha value is -1.39. The third-order valence-corrected chi connectivity index (χ3v) is 5.13. The number of nitrogens with zero attached hydrogens (tertiary/aromatic N) is 1. The van der Waals surface area contributed by atoms with Gasteiger partial charge in [-0.3, -0.25) is 4.79 Å². The van der Waals surface area contributed by atoms with Crippen LogP contribution in [0.1, 0.15) is 22.5 Å². The van der Waals surface area contributed by atoms with Crippen molar-refractivity contribution in [3.63, 3.8) is 0 Å². The van der Waals surface area contributed by atoms with Crippen LogP contribution in [0.4, 0.5) is 0 Å². The monoisotopic (exact) mass is 288 g/mol. The molecule has 0 atom stereocenters. The maximum Gasteiger partial charge on any atom is 0.263 e. The van der Waals surface area contributed by atoms with Crippen LogP contribution in [0, 0.1) is 5.92 Å². The second kappa shape index (κ2) is 5.94. The van der Waals surface area contributed by atoms with Gasteiger partial charge < -0.3 is 10.2 Å². The number of carbonyl (C=O) groups excluding carboxylic acids is 1. The van der Waals surface area contributed by atoms with Gasteiger partial charge in [0.15, 0.2) is 0 Å². The van der Waals surface area contributed by atoms with E-state index in [1.54, 1.807) is 11.3 Å². The maximum atomic E-state index is 12.6. The topological polar surface area (TPSA) is 32.3 Å². The first-order chi connectivity index (χ1) is 9.78. The molecule has 0 spiro atoms. The third kappa shape index (κ3) is 2.72. The van der Waals surface area contributed by atoms with Gasteiger partial charge in [0, 0.05) is 17.8 Å². The van der Waals surface area contributed by atoms with Gasteiger partial charge in [0.1, 0.15) is 0 Å². The van der Waals surface area contributed by atoms with Crippen LogP contribution in [-0.2, 0) is 0 Å². The van der Waals surface area contributed by atoms with Crippen molar-refractivity contribution in [3.8, 4) is 0 Å². The molecule has 4 heteroatoms. The van der Waals surface area contributed by atoms with Crippen molar-refractivity contribution in [3.05, 3.63) is 35.2 Å². The summed E-state index contributed by atoms with van der Waals surface area (Å²) in [5, 5.41) is 4.40. The van der Waals surface area contributed by atoms with E-state index in [1.807, 2.05) is 30.1 Å². The molecular formula is C16H20N2OS. The third-order valence-electron chi connectivity index (χ3n) is 4.03. The van der Waals surface area contributed by atoms with Crippen molar-refractivity contribution in [2.24, 2.45) is 5.92 Å². The largest absolute Gasteiger partial charge is 0.338 e. The van der Waals surface area contributed by atoms with Crippen LogP contribution in [0.5, 0.6) is 0 Å². The van der Waals surface area contributed by atoms with Gasteiger partial charge in [0.25, 0.3) is 5.91 Å². The number of piperidine rings is 1. The fourth-order valence-corrected chi connectivity index (χ4v) is 3.90. The van der Waals surface area contributed by atoms with Crippen LogP contribution in [-0.4, -0.2) is 37.5 Å². The predicted octanol–water partition coefficient (Wildman–Crippen LogP) is 2.97. The van der Waals surface area contributed by atoms with Crippen LogP contribution in [0.3, 0.4) is 0 Å². The van der Waals surface area contributed by atoms with Crippen LogP contribution in [0.25, 0.3) is 10.1 Å². The Kier molecular flexibility index (Phi) is 4.03. The van der Waals surface area contributed by atoms with Gasteiger partial charge in [-0.05, 0) is 49.9 Å². The number of hydrogen-bond acceptors (Lipinski definition) is 3. The summed E-state index contributed by atoms with van der Waals surface area (Å²) in [6.07, 6.45) is 2.22. The average molecular weight is 288 g/mol. The fraction of sp³-hybridized carbons (Fsp3) is 0.438. The summed E-state index contributed by atoms with van der Waals surface area (Å²) >= 11 is 1.61. The number of fused-ring (bicyclic) bond motifs is 1. The van der Waals surface area contributed by atoms with Gasteiger partial charge in [-0.1, -0.05) is 18.2 Å². The summed E-state index contributed by atoms with van der Waals surface area (Å²) in [6, 6.07) is 10.2. The maximum absolute atomic E-state index is 12.6. The van der Waals surface area contributed by atoms with Crippen molar-refractivity contribution < 1.29 is 4.79 Å². The number of carbonyl (C=O) groups is 1. The number of nitrogens with one attached hydrogen (secondary N) is 1.